The second-order valence-corrected chi connectivity index (χ2v) is 5.24. The Kier molecular flexibility index (Phi) is 7.10. The summed E-state index contributed by atoms with van der Waals surface area (Å²) in [7, 11) is 2.10. The van der Waals surface area contributed by atoms with Gasteiger partial charge in [-0.05, 0) is 34.2 Å². The van der Waals surface area contributed by atoms with Crippen molar-refractivity contribution in [1.82, 2.24) is 19.9 Å². The van der Waals surface area contributed by atoms with Gasteiger partial charge in [0, 0.05) is 19.1 Å². The predicted octanol–water partition coefficient (Wildman–Crippen LogP) is 1.09. The highest BCUT2D eigenvalue weighted by Gasteiger charge is 2.09. The lowest BCUT2D eigenvalue weighted by Gasteiger charge is -2.23. The number of nitrogens with two attached hydrogens (primary N) is 1. The highest BCUT2D eigenvalue weighted by molar-refractivity contribution is 5.34. The molecule has 0 aliphatic rings. The minimum absolute atomic E-state index is 0.0117. The summed E-state index contributed by atoms with van der Waals surface area (Å²) in [5.74, 6) is 6.09. The zero-order valence-electron chi connectivity index (χ0n) is 13.6. The Balaban J connectivity index is 2.61. The molecule has 0 fully saturated rings. The number of aromatic nitrogens is 3. The number of hydrogen-bond donors (Lipinski definition) is 3. The summed E-state index contributed by atoms with van der Waals surface area (Å²) in [6, 6.07) is 0.803. The van der Waals surface area contributed by atoms with Gasteiger partial charge in [0.1, 0.15) is 0 Å². The average Bonchev–Trinajstić information content (AvgIpc) is 2.45. The SMILES string of the molecule is CCC(C)N(C)CCNc1nc(NN)nc(OC(C)C)n1. The molecule has 0 aliphatic carbocycles. The second kappa shape index (κ2) is 8.58. The van der Waals surface area contributed by atoms with E-state index >= 15 is 0 Å². The van der Waals surface area contributed by atoms with Crippen LogP contribution in [0, 0.1) is 0 Å². The lowest BCUT2D eigenvalue weighted by molar-refractivity contribution is 0.222. The largest absolute Gasteiger partial charge is 0.461 e. The molecular formula is C13H27N7O. The molecule has 0 aliphatic heterocycles. The maximum absolute atomic E-state index is 5.47. The van der Waals surface area contributed by atoms with E-state index in [0.717, 1.165) is 19.5 Å². The Hall–Kier alpha value is -1.67. The Morgan fingerprint density at radius 2 is 1.86 bits per heavy atom. The molecule has 8 nitrogen and oxygen atoms in total. The quantitative estimate of drug-likeness (QED) is 0.460. The van der Waals surface area contributed by atoms with Gasteiger partial charge in [-0.1, -0.05) is 6.92 Å². The molecule has 21 heavy (non-hydrogen) atoms. The molecule has 0 spiro atoms. The van der Waals surface area contributed by atoms with Crippen LogP contribution in [0.25, 0.3) is 0 Å². The van der Waals surface area contributed by atoms with Gasteiger partial charge in [0.25, 0.3) is 0 Å². The fraction of sp³-hybridized carbons (Fsp3) is 0.769. The van der Waals surface area contributed by atoms with Crippen LogP contribution in [0.3, 0.4) is 0 Å². The van der Waals surface area contributed by atoms with Gasteiger partial charge in [0.05, 0.1) is 6.10 Å². The zero-order valence-corrected chi connectivity index (χ0v) is 13.6. The molecule has 0 aromatic carbocycles. The maximum atomic E-state index is 5.47. The third-order valence-electron chi connectivity index (χ3n) is 3.18. The van der Waals surface area contributed by atoms with E-state index in [1.807, 2.05) is 13.8 Å². The molecule has 1 aromatic heterocycles. The molecule has 0 amide bonds. The number of rotatable bonds is 9. The van der Waals surface area contributed by atoms with Gasteiger partial charge in [0.15, 0.2) is 0 Å². The van der Waals surface area contributed by atoms with Crippen molar-refractivity contribution in [2.75, 3.05) is 30.9 Å². The van der Waals surface area contributed by atoms with Crippen molar-refractivity contribution in [3.63, 3.8) is 0 Å². The fourth-order valence-corrected chi connectivity index (χ4v) is 1.64. The van der Waals surface area contributed by atoms with E-state index < -0.39 is 0 Å². The molecule has 0 bridgehead atoms. The number of hydrogen-bond acceptors (Lipinski definition) is 8. The van der Waals surface area contributed by atoms with Crippen LogP contribution in [0.5, 0.6) is 6.01 Å². The van der Waals surface area contributed by atoms with E-state index in [0.29, 0.717) is 12.0 Å². The number of anilines is 2. The molecule has 1 unspecified atom stereocenters. The first kappa shape index (κ1) is 17.4. The summed E-state index contributed by atoms with van der Waals surface area (Å²) in [5, 5.41) is 3.16. The first-order valence-corrected chi connectivity index (χ1v) is 7.29. The van der Waals surface area contributed by atoms with Crippen molar-refractivity contribution in [3.05, 3.63) is 0 Å². The number of nitrogen functional groups attached to an aromatic ring is 1. The second-order valence-electron chi connectivity index (χ2n) is 5.24. The predicted molar refractivity (Wildman–Crippen MR) is 84.3 cm³/mol. The third-order valence-corrected chi connectivity index (χ3v) is 3.18. The number of nitrogens with one attached hydrogen (secondary N) is 2. The highest BCUT2D eigenvalue weighted by Crippen LogP contribution is 2.11. The summed E-state index contributed by atoms with van der Waals surface area (Å²) in [6.07, 6.45) is 1.11. The molecule has 1 atom stereocenters. The number of hydrazine groups is 1. The first-order valence-electron chi connectivity index (χ1n) is 7.29. The molecule has 1 rings (SSSR count). The number of ether oxygens (including phenoxy) is 1. The first-order chi connectivity index (χ1) is 9.96. The van der Waals surface area contributed by atoms with Gasteiger partial charge in [0.2, 0.25) is 11.9 Å². The Morgan fingerprint density at radius 1 is 1.19 bits per heavy atom. The summed E-state index contributed by atoms with van der Waals surface area (Å²) in [6.45, 7) is 9.83. The normalized spacial score (nSPS) is 12.6. The van der Waals surface area contributed by atoms with Crippen molar-refractivity contribution >= 4 is 11.9 Å². The number of nitrogens with zero attached hydrogens (tertiary/aromatic N) is 4. The van der Waals surface area contributed by atoms with Gasteiger partial charge < -0.3 is 15.0 Å². The summed E-state index contributed by atoms with van der Waals surface area (Å²) >= 11 is 0. The molecule has 0 saturated heterocycles. The van der Waals surface area contributed by atoms with Crippen LogP contribution in [0.15, 0.2) is 0 Å². The lowest BCUT2D eigenvalue weighted by Crippen LogP contribution is -2.33. The highest BCUT2D eigenvalue weighted by atomic mass is 16.5. The van der Waals surface area contributed by atoms with Crippen molar-refractivity contribution in [1.29, 1.82) is 0 Å². The van der Waals surface area contributed by atoms with Gasteiger partial charge >= 0.3 is 6.01 Å². The molecule has 0 radical (unpaired) electrons. The van der Waals surface area contributed by atoms with Gasteiger partial charge in [-0.2, -0.15) is 15.0 Å². The molecule has 0 saturated carbocycles. The van der Waals surface area contributed by atoms with E-state index in [-0.39, 0.29) is 18.1 Å². The molecular weight excluding hydrogens is 270 g/mol. The Bertz CT molecular complexity index is 427. The topological polar surface area (TPSA) is 101 Å². The van der Waals surface area contributed by atoms with Crippen LogP contribution in [-0.2, 0) is 0 Å². The zero-order chi connectivity index (χ0) is 15.8. The minimum atomic E-state index is -0.0117. The van der Waals surface area contributed by atoms with E-state index in [2.05, 4.69) is 51.5 Å². The molecule has 8 heteroatoms. The maximum Gasteiger partial charge on any atom is 0.323 e. The summed E-state index contributed by atoms with van der Waals surface area (Å²) < 4.78 is 5.47. The van der Waals surface area contributed by atoms with E-state index in [9.17, 15) is 0 Å². The van der Waals surface area contributed by atoms with Gasteiger partial charge in [-0.3, -0.25) is 5.43 Å². The van der Waals surface area contributed by atoms with Crippen LogP contribution < -0.4 is 21.3 Å². The van der Waals surface area contributed by atoms with Crippen LogP contribution in [0.2, 0.25) is 0 Å². The summed E-state index contributed by atoms with van der Waals surface area (Å²) in [5.41, 5.74) is 2.41. The van der Waals surface area contributed by atoms with Crippen LogP contribution in [-0.4, -0.2) is 52.1 Å². The van der Waals surface area contributed by atoms with Crippen LogP contribution in [0.1, 0.15) is 34.1 Å². The van der Waals surface area contributed by atoms with E-state index in [1.54, 1.807) is 0 Å². The Morgan fingerprint density at radius 3 is 2.43 bits per heavy atom. The Labute approximate surface area is 126 Å². The summed E-state index contributed by atoms with van der Waals surface area (Å²) in [4.78, 5) is 14.7. The lowest BCUT2D eigenvalue weighted by atomic mass is 10.2. The molecule has 120 valence electrons. The molecule has 4 N–H and O–H groups in total. The van der Waals surface area contributed by atoms with Crippen molar-refractivity contribution in [2.45, 2.75) is 46.3 Å². The van der Waals surface area contributed by atoms with Gasteiger partial charge in [-0.15, -0.1) is 0 Å². The minimum Gasteiger partial charge on any atom is -0.461 e. The molecule has 1 heterocycles. The van der Waals surface area contributed by atoms with Gasteiger partial charge in [-0.25, -0.2) is 5.84 Å². The van der Waals surface area contributed by atoms with Crippen molar-refractivity contribution < 1.29 is 4.74 Å². The van der Waals surface area contributed by atoms with Crippen LogP contribution >= 0.6 is 0 Å². The number of likely N-dealkylation sites (N-methyl/N-ethyl adjacent to an activating group) is 1. The van der Waals surface area contributed by atoms with E-state index in [1.165, 1.54) is 0 Å². The smallest absolute Gasteiger partial charge is 0.323 e. The van der Waals surface area contributed by atoms with Crippen molar-refractivity contribution in [2.24, 2.45) is 5.84 Å². The van der Waals surface area contributed by atoms with E-state index in [4.69, 9.17) is 10.6 Å². The van der Waals surface area contributed by atoms with Crippen molar-refractivity contribution in [3.8, 4) is 6.01 Å². The van der Waals surface area contributed by atoms with Crippen LogP contribution in [0.4, 0.5) is 11.9 Å². The average molecular weight is 297 g/mol. The fourth-order valence-electron chi connectivity index (χ4n) is 1.64. The monoisotopic (exact) mass is 297 g/mol. The third kappa shape index (κ3) is 6.09. The molecule has 1 aromatic rings. The standard InChI is InChI=1S/C13H27N7O/c1-6-10(4)20(5)8-7-15-11-16-12(19-14)18-13(17-11)21-9(2)3/h9-10H,6-8,14H2,1-5H3,(H2,15,16,17,18,19).